The van der Waals surface area contributed by atoms with Crippen LogP contribution in [0.1, 0.15) is 5.82 Å². The van der Waals surface area contributed by atoms with Gasteiger partial charge in [0.2, 0.25) is 5.76 Å². The first kappa shape index (κ1) is 13.5. The van der Waals surface area contributed by atoms with Crippen LogP contribution < -0.4 is 4.74 Å². The van der Waals surface area contributed by atoms with Gasteiger partial charge in [-0.25, -0.2) is 19.2 Å². The van der Waals surface area contributed by atoms with E-state index in [4.69, 9.17) is 14.9 Å². The monoisotopic (exact) mass is 276 g/mol. The Balaban J connectivity index is 2.10. The van der Waals surface area contributed by atoms with Gasteiger partial charge in [-0.05, 0) is 24.3 Å². The molecule has 2 aromatic rings. The number of aliphatic hydroxyl groups excluding tert-OH is 1. The molecule has 0 spiro atoms. The number of carboxylic acids is 1. The number of halogens is 1. The third kappa shape index (κ3) is 3.52. The highest BCUT2D eigenvalue weighted by molar-refractivity contribution is 5.88. The van der Waals surface area contributed by atoms with Gasteiger partial charge in [0.05, 0.1) is 12.4 Å². The lowest BCUT2D eigenvalue weighted by Gasteiger charge is -2.04. The van der Waals surface area contributed by atoms with E-state index in [1.165, 1.54) is 36.7 Å². The zero-order valence-corrected chi connectivity index (χ0v) is 10.0. The normalized spacial score (nSPS) is 11.2. The fourth-order valence-corrected chi connectivity index (χ4v) is 1.28. The summed E-state index contributed by atoms with van der Waals surface area (Å²) in [6.07, 6.45) is 3.51. The third-order valence-electron chi connectivity index (χ3n) is 2.18. The SMILES string of the molecule is O=C(O)C(O)=Cc1ncc(Oc2ccc(F)cc2)cn1. The van der Waals surface area contributed by atoms with Gasteiger partial charge in [-0.3, -0.25) is 0 Å². The Hall–Kier alpha value is -2.96. The van der Waals surface area contributed by atoms with Gasteiger partial charge in [0.25, 0.3) is 0 Å². The molecule has 0 aliphatic rings. The summed E-state index contributed by atoms with van der Waals surface area (Å²) in [4.78, 5) is 18.0. The Morgan fingerprint density at radius 3 is 2.25 bits per heavy atom. The van der Waals surface area contributed by atoms with Crippen molar-refractivity contribution < 1.29 is 24.1 Å². The number of rotatable bonds is 4. The van der Waals surface area contributed by atoms with Crippen LogP contribution in [0.5, 0.6) is 11.5 Å². The molecule has 0 radical (unpaired) electrons. The molecule has 2 N–H and O–H groups in total. The summed E-state index contributed by atoms with van der Waals surface area (Å²) in [6.45, 7) is 0. The second-order valence-corrected chi connectivity index (χ2v) is 3.67. The van der Waals surface area contributed by atoms with Gasteiger partial charge in [0.1, 0.15) is 11.6 Å². The lowest BCUT2D eigenvalue weighted by Crippen LogP contribution is -2.00. The maximum Gasteiger partial charge on any atom is 0.371 e. The molecule has 0 unspecified atom stereocenters. The molecular formula is C13H9FN2O4. The van der Waals surface area contributed by atoms with E-state index in [1.54, 1.807) is 0 Å². The van der Waals surface area contributed by atoms with E-state index < -0.39 is 11.7 Å². The fraction of sp³-hybridized carbons (Fsp3) is 0. The Morgan fingerprint density at radius 1 is 1.10 bits per heavy atom. The first-order valence-corrected chi connectivity index (χ1v) is 5.44. The number of hydrogen-bond donors (Lipinski definition) is 2. The van der Waals surface area contributed by atoms with Gasteiger partial charge >= 0.3 is 5.97 Å². The van der Waals surface area contributed by atoms with Crippen LogP contribution in [0.3, 0.4) is 0 Å². The van der Waals surface area contributed by atoms with Crippen LogP contribution in [0.2, 0.25) is 0 Å². The summed E-state index contributed by atoms with van der Waals surface area (Å²) in [6, 6.07) is 5.38. The first-order chi connectivity index (χ1) is 9.54. The summed E-state index contributed by atoms with van der Waals surface area (Å²) in [5.41, 5.74) is 0. The predicted octanol–water partition coefficient (Wildman–Crippen LogP) is 2.39. The molecule has 0 saturated carbocycles. The lowest BCUT2D eigenvalue weighted by molar-refractivity contribution is -0.135. The second-order valence-electron chi connectivity index (χ2n) is 3.67. The summed E-state index contributed by atoms with van der Waals surface area (Å²) in [7, 11) is 0. The highest BCUT2D eigenvalue weighted by Crippen LogP contribution is 2.19. The Kier molecular flexibility index (Phi) is 3.90. The van der Waals surface area contributed by atoms with Crippen molar-refractivity contribution in [3.05, 3.63) is 54.1 Å². The van der Waals surface area contributed by atoms with Gasteiger partial charge in [0, 0.05) is 6.08 Å². The second kappa shape index (κ2) is 5.79. The molecule has 20 heavy (non-hydrogen) atoms. The molecule has 7 heteroatoms. The van der Waals surface area contributed by atoms with Crippen molar-refractivity contribution in [2.45, 2.75) is 0 Å². The molecule has 0 amide bonds. The molecule has 0 aliphatic heterocycles. The highest BCUT2D eigenvalue weighted by atomic mass is 19.1. The number of benzene rings is 1. The minimum Gasteiger partial charge on any atom is -0.502 e. The van der Waals surface area contributed by atoms with Gasteiger partial charge in [-0.1, -0.05) is 0 Å². The summed E-state index contributed by atoms with van der Waals surface area (Å²) in [5, 5.41) is 17.5. The minimum atomic E-state index is -1.47. The number of aromatic nitrogens is 2. The van der Waals surface area contributed by atoms with Crippen LogP contribution in [0.4, 0.5) is 4.39 Å². The molecule has 0 fully saturated rings. The van der Waals surface area contributed by atoms with Gasteiger partial charge in [-0.15, -0.1) is 0 Å². The number of aliphatic carboxylic acids is 1. The zero-order valence-electron chi connectivity index (χ0n) is 10.0. The van der Waals surface area contributed by atoms with E-state index in [2.05, 4.69) is 9.97 Å². The summed E-state index contributed by atoms with van der Waals surface area (Å²) >= 11 is 0. The predicted molar refractivity (Wildman–Crippen MR) is 66.7 cm³/mol. The van der Waals surface area contributed by atoms with Crippen molar-refractivity contribution in [3.63, 3.8) is 0 Å². The quantitative estimate of drug-likeness (QED) is 0.658. The number of hydrogen-bond acceptors (Lipinski definition) is 5. The topological polar surface area (TPSA) is 92.5 Å². The Morgan fingerprint density at radius 2 is 1.70 bits per heavy atom. The van der Waals surface area contributed by atoms with E-state index in [0.29, 0.717) is 11.5 Å². The molecule has 6 nitrogen and oxygen atoms in total. The molecule has 0 bridgehead atoms. The summed E-state index contributed by atoms with van der Waals surface area (Å²) < 4.78 is 18.1. The van der Waals surface area contributed by atoms with E-state index in [9.17, 15) is 9.18 Å². The van der Waals surface area contributed by atoms with Crippen LogP contribution in [0.15, 0.2) is 42.4 Å². The highest BCUT2D eigenvalue weighted by Gasteiger charge is 2.05. The van der Waals surface area contributed by atoms with Crippen molar-refractivity contribution >= 4 is 12.0 Å². The van der Waals surface area contributed by atoms with Crippen molar-refractivity contribution in [2.75, 3.05) is 0 Å². The van der Waals surface area contributed by atoms with Crippen LogP contribution in [0, 0.1) is 5.82 Å². The van der Waals surface area contributed by atoms with Crippen molar-refractivity contribution in [3.8, 4) is 11.5 Å². The van der Waals surface area contributed by atoms with Crippen LogP contribution >= 0.6 is 0 Å². The number of nitrogens with zero attached hydrogens (tertiary/aromatic N) is 2. The molecule has 1 aromatic carbocycles. The number of carboxylic acid groups (broad SMARTS) is 1. The maximum atomic E-state index is 12.7. The maximum absolute atomic E-state index is 12.7. The number of carbonyl (C=O) groups is 1. The average Bonchev–Trinajstić information content (AvgIpc) is 2.43. The minimum absolute atomic E-state index is 0.0244. The van der Waals surface area contributed by atoms with Crippen LogP contribution in [0.25, 0.3) is 6.08 Å². The molecule has 0 atom stereocenters. The average molecular weight is 276 g/mol. The van der Waals surface area contributed by atoms with Crippen molar-refractivity contribution in [1.29, 1.82) is 0 Å². The fourth-order valence-electron chi connectivity index (χ4n) is 1.28. The van der Waals surface area contributed by atoms with Crippen molar-refractivity contribution in [1.82, 2.24) is 9.97 Å². The summed E-state index contributed by atoms with van der Waals surface area (Å²) in [5.74, 6) is -1.98. The Labute approximate surface area is 112 Å². The molecule has 102 valence electrons. The number of ether oxygens (including phenoxy) is 1. The molecule has 2 rings (SSSR count). The van der Waals surface area contributed by atoms with E-state index in [-0.39, 0.29) is 11.6 Å². The molecule has 0 aliphatic carbocycles. The van der Waals surface area contributed by atoms with Crippen LogP contribution in [-0.4, -0.2) is 26.2 Å². The molecule has 0 saturated heterocycles. The smallest absolute Gasteiger partial charge is 0.371 e. The molecular weight excluding hydrogens is 267 g/mol. The zero-order chi connectivity index (χ0) is 14.5. The van der Waals surface area contributed by atoms with Gasteiger partial charge in [0.15, 0.2) is 11.6 Å². The Bertz CT molecular complexity index is 638. The number of aliphatic hydroxyl groups is 1. The van der Waals surface area contributed by atoms with Gasteiger partial charge < -0.3 is 14.9 Å². The lowest BCUT2D eigenvalue weighted by atomic mass is 10.3. The standard InChI is InChI=1S/C13H9FN2O4/c14-8-1-3-9(4-2-8)20-10-6-15-12(16-7-10)5-11(17)13(18)19/h1-7,17H,(H,18,19). The van der Waals surface area contributed by atoms with Crippen molar-refractivity contribution in [2.24, 2.45) is 0 Å². The van der Waals surface area contributed by atoms with Gasteiger partial charge in [-0.2, -0.15) is 0 Å². The van der Waals surface area contributed by atoms with E-state index in [1.807, 2.05) is 0 Å². The third-order valence-corrected chi connectivity index (χ3v) is 2.18. The first-order valence-electron chi connectivity index (χ1n) is 5.44. The largest absolute Gasteiger partial charge is 0.502 e. The molecule has 1 heterocycles. The van der Waals surface area contributed by atoms with E-state index >= 15 is 0 Å². The van der Waals surface area contributed by atoms with E-state index in [0.717, 1.165) is 6.08 Å². The van der Waals surface area contributed by atoms with Crippen LogP contribution in [-0.2, 0) is 4.79 Å². The molecule has 1 aromatic heterocycles.